The minimum absolute atomic E-state index is 0.0110. The van der Waals surface area contributed by atoms with Crippen LogP contribution in [0.25, 0.3) is 0 Å². The lowest BCUT2D eigenvalue weighted by Gasteiger charge is -2.13. The fourth-order valence-electron chi connectivity index (χ4n) is 1.20. The number of ketones is 1. The van der Waals surface area contributed by atoms with Gasteiger partial charge in [0.15, 0.2) is 5.78 Å². The van der Waals surface area contributed by atoms with Crippen LogP contribution in [0.1, 0.15) is 29.3 Å². The van der Waals surface area contributed by atoms with E-state index < -0.39 is 30.1 Å². The van der Waals surface area contributed by atoms with E-state index in [1.54, 1.807) is 0 Å². The SMILES string of the molecule is CC(=O)c1cc(Br)c(C(F)F)c(OC(F)F)c1. The van der Waals surface area contributed by atoms with E-state index in [2.05, 4.69) is 20.7 Å². The normalized spacial score (nSPS) is 11.1. The zero-order chi connectivity index (χ0) is 13.2. The largest absolute Gasteiger partial charge is 0.434 e. The molecular formula is C10H7BrF4O2. The molecule has 1 rings (SSSR count). The molecule has 2 nitrogen and oxygen atoms in total. The number of alkyl halides is 4. The van der Waals surface area contributed by atoms with Crippen LogP contribution in [0.15, 0.2) is 16.6 Å². The predicted octanol–water partition coefficient (Wildman–Crippen LogP) is 4.19. The molecule has 0 heterocycles. The van der Waals surface area contributed by atoms with E-state index in [4.69, 9.17) is 0 Å². The average molecular weight is 315 g/mol. The van der Waals surface area contributed by atoms with Crippen LogP contribution in [0.2, 0.25) is 0 Å². The molecule has 0 N–H and O–H groups in total. The van der Waals surface area contributed by atoms with E-state index in [-0.39, 0.29) is 10.0 Å². The molecule has 7 heteroatoms. The first kappa shape index (κ1) is 14.0. The lowest BCUT2D eigenvalue weighted by Crippen LogP contribution is -2.07. The first-order valence-corrected chi connectivity index (χ1v) is 5.19. The van der Waals surface area contributed by atoms with E-state index in [1.165, 1.54) is 6.92 Å². The van der Waals surface area contributed by atoms with Gasteiger partial charge in [0.05, 0.1) is 5.56 Å². The summed E-state index contributed by atoms with van der Waals surface area (Å²) in [7, 11) is 0. The zero-order valence-corrected chi connectivity index (χ0v) is 10.1. The third-order valence-electron chi connectivity index (χ3n) is 1.93. The maximum absolute atomic E-state index is 12.6. The Kier molecular flexibility index (Phi) is 4.50. The average Bonchev–Trinajstić information content (AvgIpc) is 2.14. The number of carbonyl (C=O) groups excluding carboxylic acids is 1. The highest BCUT2D eigenvalue weighted by Crippen LogP contribution is 2.37. The van der Waals surface area contributed by atoms with Crippen LogP contribution in [0.3, 0.4) is 0 Å². The number of hydrogen-bond donors (Lipinski definition) is 0. The minimum Gasteiger partial charge on any atom is -0.434 e. The Bertz CT molecular complexity index is 435. The second-order valence-electron chi connectivity index (χ2n) is 3.11. The van der Waals surface area contributed by atoms with Crippen molar-refractivity contribution in [1.29, 1.82) is 0 Å². The number of Topliss-reactive ketones (excluding diaryl/α,β-unsaturated/α-hetero) is 1. The number of ether oxygens (including phenoxy) is 1. The summed E-state index contributed by atoms with van der Waals surface area (Å²) in [5.41, 5.74) is -0.688. The summed E-state index contributed by atoms with van der Waals surface area (Å²) in [6.07, 6.45) is -2.99. The predicted molar refractivity (Wildman–Crippen MR) is 55.7 cm³/mol. The highest BCUT2D eigenvalue weighted by atomic mass is 79.9. The summed E-state index contributed by atoms with van der Waals surface area (Å²) < 4.78 is 53.2. The Hall–Kier alpha value is -1.11. The van der Waals surface area contributed by atoms with Gasteiger partial charge in [-0.2, -0.15) is 8.78 Å². The Morgan fingerprint density at radius 2 is 1.88 bits per heavy atom. The molecule has 0 aliphatic heterocycles. The molecule has 0 unspecified atom stereocenters. The molecule has 1 aromatic carbocycles. The summed E-state index contributed by atoms with van der Waals surface area (Å²) in [5.74, 6) is -1.14. The van der Waals surface area contributed by atoms with Crippen LogP contribution in [-0.2, 0) is 0 Å². The molecule has 0 spiro atoms. The monoisotopic (exact) mass is 314 g/mol. The van der Waals surface area contributed by atoms with E-state index in [1.807, 2.05) is 0 Å². The molecule has 0 bridgehead atoms. The van der Waals surface area contributed by atoms with Crippen LogP contribution in [0.4, 0.5) is 17.6 Å². The maximum Gasteiger partial charge on any atom is 0.387 e. The first-order chi connectivity index (χ1) is 7.82. The Morgan fingerprint density at radius 3 is 2.29 bits per heavy atom. The second kappa shape index (κ2) is 5.48. The highest BCUT2D eigenvalue weighted by Gasteiger charge is 2.22. The van der Waals surface area contributed by atoms with E-state index in [0.717, 1.165) is 12.1 Å². The van der Waals surface area contributed by atoms with Gasteiger partial charge in [-0.3, -0.25) is 4.79 Å². The molecule has 0 aliphatic rings. The molecule has 0 fully saturated rings. The van der Waals surface area contributed by atoms with Gasteiger partial charge in [0, 0.05) is 10.0 Å². The zero-order valence-electron chi connectivity index (χ0n) is 8.52. The van der Waals surface area contributed by atoms with Gasteiger partial charge >= 0.3 is 6.61 Å². The van der Waals surface area contributed by atoms with Crippen molar-refractivity contribution in [2.24, 2.45) is 0 Å². The van der Waals surface area contributed by atoms with Gasteiger partial charge in [0.1, 0.15) is 5.75 Å². The van der Waals surface area contributed by atoms with Crippen LogP contribution >= 0.6 is 15.9 Å². The van der Waals surface area contributed by atoms with Gasteiger partial charge in [-0.1, -0.05) is 15.9 Å². The van der Waals surface area contributed by atoms with Crippen molar-refractivity contribution in [1.82, 2.24) is 0 Å². The number of carbonyl (C=O) groups is 1. The van der Waals surface area contributed by atoms with Gasteiger partial charge in [0.25, 0.3) is 6.43 Å². The van der Waals surface area contributed by atoms with Crippen LogP contribution < -0.4 is 4.74 Å². The molecule has 0 aromatic heterocycles. The van der Waals surface area contributed by atoms with Gasteiger partial charge in [-0.25, -0.2) is 8.78 Å². The molecule has 0 amide bonds. The highest BCUT2D eigenvalue weighted by molar-refractivity contribution is 9.10. The molecular weight excluding hydrogens is 308 g/mol. The molecule has 17 heavy (non-hydrogen) atoms. The number of halogens is 5. The van der Waals surface area contributed by atoms with Gasteiger partial charge < -0.3 is 4.74 Å². The quantitative estimate of drug-likeness (QED) is 0.615. The smallest absolute Gasteiger partial charge is 0.387 e. The fraction of sp³-hybridized carbons (Fsp3) is 0.300. The van der Waals surface area contributed by atoms with Gasteiger partial charge in [-0.15, -0.1) is 0 Å². The number of benzene rings is 1. The standard InChI is InChI=1S/C10H7BrF4O2/c1-4(16)5-2-6(11)8(9(12)13)7(3-5)17-10(14)15/h2-3,9-10H,1H3. The minimum atomic E-state index is -3.23. The van der Waals surface area contributed by atoms with Crippen molar-refractivity contribution in [3.05, 3.63) is 27.7 Å². The summed E-state index contributed by atoms with van der Waals surface area (Å²) in [6.45, 7) is -2.04. The van der Waals surface area contributed by atoms with E-state index in [9.17, 15) is 22.4 Å². The summed E-state index contributed by atoms with van der Waals surface area (Å²) in [5, 5.41) is 0. The fourth-order valence-corrected chi connectivity index (χ4v) is 1.82. The Balaban J connectivity index is 3.33. The Morgan fingerprint density at radius 1 is 1.29 bits per heavy atom. The van der Waals surface area contributed by atoms with Crippen LogP contribution in [0, 0.1) is 0 Å². The topological polar surface area (TPSA) is 26.3 Å². The second-order valence-corrected chi connectivity index (χ2v) is 3.96. The maximum atomic E-state index is 12.6. The third-order valence-corrected chi connectivity index (χ3v) is 2.59. The van der Waals surface area contributed by atoms with Crippen molar-refractivity contribution < 1.29 is 27.1 Å². The molecule has 0 saturated carbocycles. The van der Waals surface area contributed by atoms with Crippen molar-refractivity contribution in [3.8, 4) is 5.75 Å². The number of rotatable bonds is 4. The lowest BCUT2D eigenvalue weighted by molar-refractivity contribution is -0.0520. The van der Waals surface area contributed by atoms with Gasteiger partial charge in [-0.05, 0) is 19.1 Å². The molecule has 1 aromatic rings. The first-order valence-electron chi connectivity index (χ1n) is 4.40. The molecule has 0 radical (unpaired) electrons. The Labute approximate surface area is 103 Å². The van der Waals surface area contributed by atoms with E-state index >= 15 is 0 Å². The van der Waals surface area contributed by atoms with E-state index in [0.29, 0.717) is 0 Å². The van der Waals surface area contributed by atoms with Crippen molar-refractivity contribution >= 4 is 21.7 Å². The van der Waals surface area contributed by atoms with Crippen molar-refractivity contribution in [2.45, 2.75) is 20.0 Å². The van der Waals surface area contributed by atoms with Crippen molar-refractivity contribution in [2.75, 3.05) is 0 Å². The lowest BCUT2D eigenvalue weighted by atomic mass is 10.1. The molecule has 0 atom stereocenters. The molecule has 0 saturated heterocycles. The summed E-state index contributed by atoms with van der Waals surface area (Å²) in [6, 6.07) is 2.02. The van der Waals surface area contributed by atoms with Gasteiger partial charge in [0.2, 0.25) is 0 Å². The molecule has 94 valence electrons. The third kappa shape index (κ3) is 3.42. The summed E-state index contributed by atoms with van der Waals surface area (Å²) >= 11 is 2.80. The number of hydrogen-bond acceptors (Lipinski definition) is 2. The molecule has 0 aliphatic carbocycles. The summed E-state index contributed by atoms with van der Waals surface area (Å²) in [4.78, 5) is 11.1. The van der Waals surface area contributed by atoms with Crippen LogP contribution in [-0.4, -0.2) is 12.4 Å². The van der Waals surface area contributed by atoms with Crippen molar-refractivity contribution in [3.63, 3.8) is 0 Å². The van der Waals surface area contributed by atoms with Crippen LogP contribution in [0.5, 0.6) is 5.75 Å².